The monoisotopic (exact) mass is 199 g/mol. The van der Waals surface area contributed by atoms with Crippen molar-refractivity contribution in [1.29, 1.82) is 0 Å². The molecular weight excluding hydrogens is 176 g/mol. The summed E-state index contributed by atoms with van der Waals surface area (Å²) in [6, 6.07) is 7.15. The maximum atomic E-state index is 12.1. The summed E-state index contributed by atoms with van der Waals surface area (Å²) in [7, 11) is 0. The topological polar surface area (TPSA) is 26.3 Å². The predicted molar refractivity (Wildman–Crippen MR) is 54.1 cm³/mol. The first-order valence-electron chi connectivity index (χ1n) is 8.52. The molecule has 1 saturated carbocycles. The van der Waals surface area contributed by atoms with E-state index < -0.39 is 37.5 Å². The Morgan fingerprint density at radius 2 is 2.00 bits per heavy atom. The highest BCUT2D eigenvalue weighted by Crippen LogP contribution is 2.21. The fourth-order valence-corrected chi connectivity index (χ4v) is 0.984. The van der Waals surface area contributed by atoms with Crippen LogP contribution in [0.25, 0.3) is 0 Å². The van der Waals surface area contributed by atoms with E-state index in [9.17, 15) is 4.79 Å². The molecule has 0 atom stereocenters. The van der Waals surface area contributed by atoms with Crippen molar-refractivity contribution < 1.29 is 21.9 Å². The molecule has 1 fully saturated rings. The van der Waals surface area contributed by atoms with Gasteiger partial charge in [-0.3, -0.25) is 0 Å². The summed E-state index contributed by atoms with van der Waals surface area (Å²) in [5.74, 6) is -1.23. The fraction of sp³-hybridized carbons (Fsp3) is 0.417. The molecule has 0 aromatic heterocycles. The second kappa shape index (κ2) is 4.27. The van der Waals surface area contributed by atoms with Gasteiger partial charge in [0.2, 0.25) is 0 Å². The van der Waals surface area contributed by atoms with Gasteiger partial charge < -0.3 is 4.74 Å². The normalized spacial score (nSPS) is 43.0. The van der Waals surface area contributed by atoms with Crippen molar-refractivity contribution in [3.05, 3.63) is 35.9 Å². The molecule has 1 aromatic rings. The second-order valence-corrected chi connectivity index (χ2v) is 2.58. The lowest BCUT2D eigenvalue weighted by molar-refractivity contribution is 0.0318. The molecule has 0 radical (unpaired) electrons. The number of ether oxygens (including phenoxy) is 1. The van der Waals surface area contributed by atoms with Crippen LogP contribution < -0.4 is 0 Å². The Balaban J connectivity index is 2.53. The van der Waals surface area contributed by atoms with E-state index in [-0.39, 0.29) is 5.56 Å². The van der Waals surface area contributed by atoms with Crippen LogP contribution in [0.4, 0.5) is 0 Å². The summed E-state index contributed by atoms with van der Waals surface area (Å²) in [6.07, 6.45) is -17.0. The molecule has 0 unspecified atom stereocenters. The van der Waals surface area contributed by atoms with Crippen molar-refractivity contribution in [2.24, 2.45) is 0 Å². The number of rotatable bonds is 2. The van der Waals surface area contributed by atoms with Crippen molar-refractivity contribution in [3.8, 4) is 0 Å². The molecule has 0 bridgehead atoms. The SMILES string of the molecule is [2H]C1([2H])C([2H])([2H])C([2H])([2H])C([2H])(OC(=O)c2ccccc2)C1([2H])[2H]. The van der Waals surface area contributed by atoms with Gasteiger partial charge in [-0.2, -0.15) is 0 Å². The third-order valence-electron chi connectivity index (χ3n) is 1.62. The minimum Gasteiger partial charge on any atom is -0.459 e. The molecular formula is C12H14O2. The predicted octanol–water partition coefficient (Wildman–Crippen LogP) is 2.79. The third-order valence-corrected chi connectivity index (χ3v) is 1.62. The van der Waals surface area contributed by atoms with Crippen molar-refractivity contribution in [2.45, 2.75) is 31.6 Å². The minimum absolute atomic E-state index is 0.0845. The van der Waals surface area contributed by atoms with Crippen molar-refractivity contribution in [3.63, 3.8) is 0 Å². The molecule has 0 spiro atoms. The first-order valence-corrected chi connectivity index (χ1v) is 4.02. The summed E-state index contributed by atoms with van der Waals surface area (Å²) in [4.78, 5) is 12.1. The van der Waals surface area contributed by atoms with Crippen LogP contribution in [0.3, 0.4) is 0 Å². The smallest absolute Gasteiger partial charge is 0.338 e. The molecule has 0 aliphatic heterocycles. The van der Waals surface area contributed by atoms with Crippen LogP contribution in [-0.4, -0.2) is 12.0 Å². The number of hydrogen-bond donors (Lipinski definition) is 0. The van der Waals surface area contributed by atoms with E-state index in [0.29, 0.717) is 0 Å². The number of benzene rings is 1. The molecule has 2 heteroatoms. The lowest BCUT2D eigenvalue weighted by Crippen LogP contribution is -2.14. The molecule has 2 nitrogen and oxygen atoms in total. The Morgan fingerprint density at radius 1 is 1.36 bits per heavy atom. The van der Waals surface area contributed by atoms with E-state index in [1.54, 1.807) is 6.07 Å². The van der Waals surface area contributed by atoms with Crippen molar-refractivity contribution in [2.75, 3.05) is 0 Å². The first-order chi connectivity index (χ1) is 10.2. The van der Waals surface area contributed by atoms with E-state index >= 15 is 0 Å². The number of esters is 1. The van der Waals surface area contributed by atoms with Gasteiger partial charge in [0.25, 0.3) is 0 Å². The van der Waals surface area contributed by atoms with E-state index in [1.165, 1.54) is 24.3 Å². The molecule has 1 aliphatic carbocycles. The highest BCUT2D eigenvalue weighted by atomic mass is 16.5. The van der Waals surface area contributed by atoms with Crippen molar-refractivity contribution >= 4 is 5.97 Å². The van der Waals surface area contributed by atoms with Gasteiger partial charge in [-0.25, -0.2) is 4.79 Å². The molecule has 0 saturated heterocycles. The van der Waals surface area contributed by atoms with Gasteiger partial charge >= 0.3 is 5.97 Å². The minimum atomic E-state index is -3.42. The number of hydrogen-bond acceptors (Lipinski definition) is 2. The average Bonchev–Trinajstić information content (AvgIpc) is 2.50. The summed E-state index contributed by atoms with van der Waals surface area (Å²) in [6.45, 7) is 0. The zero-order valence-corrected chi connectivity index (χ0v) is 7.20. The number of carbonyl (C=O) groups is 1. The Morgan fingerprint density at radius 3 is 2.64 bits per heavy atom. The van der Waals surface area contributed by atoms with Crippen LogP contribution in [0.15, 0.2) is 30.3 Å². The third kappa shape index (κ3) is 2.13. The van der Waals surface area contributed by atoms with Crippen LogP contribution in [0.1, 0.15) is 48.2 Å². The molecule has 1 aliphatic rings. The number of carbonyl (C=O) groups excluding carboxylic acids is 1. The Hall–Kier alpha value is -1.31. The van der Waals surface area contributed by atoms with Gasteiger partial charge in [0.1, 0.15) is 6.08 Å². The molecule has 0 amide bonds. The Kier molecular flexibility index (Phi) is 1.03. The lowest BCUT2D eigenvalue weighted by atomic mass is 10.2. The van der Waals surface area contributed by atoms with Crippen LogP contribution in [-0.2, 0) is 4.74 Å². The summed E-state index contributed by atoms with van der Waals surface area (Å²) < 4.78 is 74.2. The van der Waals surface area contributed by atoms with Gasteiger partial charge in [0.05, 0.1) is 6.93 Å². The molecule has 74 valence electrons. The lowest BCUT2D eigenvalue weighted by Gasteiger charge is -2.10. The maximum Gasteiger partial charge on any atom is 0.338 e. The van der Waals surface area contributed by atoms with Gasteiger partial charge in [-0.1, -0.05) is 18.2 Å². The van der Waals surface area contributed by atoms with Crippen LogP contribution >= 0.6 is 0 Å². The maximum absolute atomic E-state index is 12.1. The Labute approximate surface area is 96.5 Å². The van der Waals surface area contributed by atoms with Gasteiger partial charge in [-0.05, 0) is 37.6 Å². The van der Waals surface area contributed by atoms with Crippen LogP contribution in [0.2, 0.25) is 0 Å². The molecule has 14 heavy (non-hydrogen) atoms. The molecule has 0 N–H and O–H groups in total. The van der Waals surface area contributed by atoms with E-state index in [0.717, 1.165) is 0 Å². The fourth-order valence-electron chi connectivity index (χ4n) is 0.984. The Bertz CT molecular complexity index is 601. The van der Waals surface area contributed by atoms with Gasteiger partial charge in [0.15, 0.2) is 0 Å². The van der Waals surface area contributed by atoms with E-state index in [2.05, 4.69) is 4.74 Å². The van der Waals surface area contributed by atoms with Gasteiger partial charge in [0, 0.05) is 11.0 Å². The zero-order chi connectivity index (χ0) is 17.9. The summed E-state index contributed by atoms with van der Waals surface area (Å²) in [5, 5.41) is 0. The van der Waals surface area contributed by atoms with E-state index in [4.69, 9.17) is 12.3 Å². The van der Waals surface area contributed by atoms with Crippen molar-refractivity contribution in [1.82, 2.24) is 0 Å². The molecule has 1 aromatic carbocycles. The molecule has 2 rings (SSSR count). The largest absolute Gasteiger partial charge is 0.459 e. The summed E-state index contributed by atoms with van der Waals surface area (Å²) >= 11 is 0. The molecule has 0 heterocycles. The average molecular weight is 199 g/mol. The summed E-state index contributed by atoms with van der Waals surface area (Å²) in [5.41, 5.74) is -0.0845. The highest BCUT2D eigenvalue weighted by Gasteiger charge is 2.19. The van der Waals surface area contributed by atoms with Gasteiger partial charge in [-0.15, -0.1) is 0 Å². The highest BCUT2D eigenvalue weighted by molar-refractivity contribution is 5.89. The first kappa shape index (κ1) is 3.37. The quantitative estimate of drug-likeness (QED) is 0.685. The van der Waals surface area contributed by atoms with Crippen LogP contribution in [0.5, 0.6) is 0 Å². The second-order valence-electron chi connectivity index (χ2n) is 2.58. The van der Waals surface area contributed by atoms with Crippen LogP contribution in [0, 0.1) is 0 Å². The zero-order valence-electron chi connectivity index (χ0n) is 16.2. The van der Waals surface area contributed by atoms with E-state index in [1.807, 2.05) is 0 Å². The standard InChI is InChI=1S/C12H14O2/c13-12(10-6-2-1-3-7-10)14-11-8-4-5-9-11/h1-3,6-7,11H,4-5,8-9H2/i4D2,5D2,8D2,9D2,11D.